The molecule has 2 aliphatic rings. The average Bonchev–Trinajstić information content (AvgIpc) is 3.12. The number of hydrogen-bond acceptors (Lipinski definition) is 5. The van der Waals surface area contributed by atoms with Gasteiger partial charge in [-0.05, 0) is 37.5 Å². The molecule has 2 aromatic rings. The molecule has 0 radical (unpaired) electrons. The SMILES string of the molecule is Cc1cccc(Nc2nc(NN(C(=O)O)C3CCCCC3)c(Cl)c3c2C(=O)NC3)c1. The van der Waals surface area contributed by atoms with Crippen molar-refractivity contribution in [2.75, 3.05) is 10.7 Å². The van der Waals surface area contributed by atoms with Crippen molar-refractivity contribution in [3.63, 3.8) is 0 Å². The van der Waals surface area contributed by atoms with E-state index in [2.05, 4.69) is 21.0 Å². The number of aromatic nitrogens is 1. The van der Waals surface area contributed by atoms with Crippen LogP contribution < -0.4 is 16.1 Å². The van der Waals surface area contributed by atoms with E-state index < -0.39 is 6.09 Å². The summed E-state index contributed by atoms with van der Waals surface area (Å²) in [6.07, 6.45) is 3.58. The second kappa shape index (κ2) is 8.39. The van der Waals surface area contributed by atoms with Gasteiger partial charge in [-0.3, -0.25) is 10.2 Å². The molecule has 4 rings (SSSR count). The first-order chi connectivity index (χ1) is 14.4. The van der Waals surface area contributed by atoms with E-state index in [0.717, 1.165) is 43.4 Å². The van der Waals surface area contributed by atoms with Crippen LogP contribution in [-0.2, 0) is 6.54 Å². The van der Waals surface area contributed by atoms with Crippen molar-refractivity contribution in [3.8, 4) is 0 Å². The third-order valence-electron chi connectivity index (χ3n) is 5.54. The van der Waals surface area contributed by atoms with Gasteiger partial charge in [0.15, 0.2) is 5.82 Å². The Kier molecular flexibility index (Phi) is 5.67. The minimum Gasteiger partial charge on any atom is -0.464 e. The van der Waals surface area contributed by atoms with E-state index in [4.69, 9.17) is 11.6 Å². The molecular weight excluding hydrogens is 406 g/mol. The number of nitrogens with zero attached hydrogens (tertiary/aromatic N) is 2. The molecule has 1 saturated carbocycles. The van der Waals surface area contributed by atoms with E-state index in [0.29, 0.717) is 16.9 Å². The van der Waals surface area contributed by atoms with Gasteiger partial charge >= 0.3 is 6.09 Å². The number of fused-ring (bicyclic) bond motifs is 1. The molecule has 0 spiro atoms. The number of hydrazine groups is 1. The van der Waals surface area contributed by atoms with E-state index >= 15 is 0 Å². The molecule has 0 unspecified atom stereocenters. The van der Waals surface area contributed by atoms with Crippen LogP contribution in [0.3, 0.4) is 0 Å². The number of hydrogen-bond donors (Lipinski definition) is 4. The maximum absolute atomic E-state index is 12.4. The number of aryl methyl sites for hydroxylation is 1. The van der Waals surface area contributed by atoms with Crippen LogP contribution in [0.4, 0.5) is 22.1 Å². The van der Waals surface area contributed by atoms with Crippen molar-refractivity contribution in [3.05, 3.63) is 46.0 Å². The van der Waals surface area contributed by atoms with Crippen LogP contribution in [0.1, 0.15) is 53.6 Å². The van der Waals surface area contributed by atoms with Crippen molar-refractivity contribution in [2.45, 2.75) is 51.6 Å². The second-order valence-electron chi connectivity index (χ2n) is 7.71. The van der Waals surface area contributed by atoms with Gasteiger partial charge in [0.2, 0.25) is 0 Å². The Balaban J connectivity index is 1.71. The lowest BCUT2D eigenvalue weighted by molar-refractivity contribution is 0.0966. The zero-order valence-electron chi connectivity index (χ0n) is 16.7. The zero-order valence-corrected chi connectivity index (χ0v) is 17.4. The number of nitrogens with one attached hydrogen (secondary N) is 3. The predicted molar refractivity (Wildman–Crippen MR) is 115 cm³/mol. The first-order valence-electron chi connectivity index (χ1n) is 10.1. The lowest BCUT2D eigenvalue weighted by atomic mass is 9.95. The fraction of sp³-hybridized carbons (Fsp3) is 0.381. The Morgan fingerprint density at radius 1 is 1.27 bits per heavy atom. The van der Waals surface area contributed by atoms with Crippen LogP contribution in [0, 0.1) is 6.92 Å². The Morgan fingerprint density at radius 2 is 2.03 bits per heavy atom. The highest BCUT2D eigenvalue weighted by molar-refractivity contribution is 6.34. The molecule has 0 saturated heterocycles. The van der Waals surface area contributed by atoms with Crippen LogP contribution in [0.25, 0.3) is 0 Å². The van der Waals surface area contributed by atoms with Crippen LogP contribution in [0.2, 0.25) is 5.02 Å². The molecule has 2 amide bonds. The number of pyridine rings is 1. The number of halogens is 1. The summed E-state index contributed by atoms with van der Waals surface area (Å²) in [5, 5.41) is 17.2. The lowest BCUT2D eigenvalue weighted by Gasteiger charge is -2.32. The summed E-state index contributed by atoms with van der Waals surface area (Å²) < 4.78 is 0. The average molecular weight is 430 g/mol. The molecule has 30 heavy (non-hydrogen) atoms. The zero-order chi connectivity index (χ0) is 21.3. The first kappa shape index (κ1) is 20.3. The summed E-state index contributed by atoms with van der Waals surface area (Å²) in [6.45, 7) is 2.24. The number of anilines is 3. The van der Waals surface area contributed by atoms with Crippen LogP contribution in [0.15, 0.2) is 24.3 Å². The molecule has 1 aromatic carbocycles. The second-order valence-corrected chi connectivity index (χ2v) is 8.09. The van der Waals surface area contributed by atoms with Crippen molar-refractivity contribution in [1.82, 2.24) is 15.3 Å². The molecule has 1 aliphatic heterocycles. The largest absolute Gasteiger partial charge is 0.464 e. The summed E-state index contributed by atoms with van der Waals surface area (Å²) in [7, 11) is 0. The highest BCUT2D eigenvalue weighted by Gasteiger charge is 2.31. The van der Waals surface area contributed by atoms with E-state index in [1.165, 1.54) is 5.01 Å². The molecule has 9 heteroatoms. The maximum atomic E-state index is 12.4. The fourth-order valence-corrected chi connectivity index (χ4v) is 4.30. The standard InChI is InChI=1S/C21H24ClN5O3/c1-12-6-5-7-13(10-12)24-18-16-15(11-23-20(16)28)17(22)19(25-18)26-27(21(29)30)14-8-3-2-4-9-14/h5-7,10,14H,2-4,8-9,11H2,1H3,(H,23,28)(H,29,30)(H2,24,25,26). The number of carbonyl (C=O) groups excluding carboxylic acids is 1. The molecular formula is C21H24ClN5O3. The van der Waals surface area contributed by atoms with Crippen molar-refractivity contribution < 1.29 is 14.7 Å². The smallest absolute Gasteiger partial charge is 0.426 e. The summed E-state index contributed by atoms with van der Waals surface area (Å²) in [5.41, 5.74) is 5.73. The topological polar surface area (TPSA) is 107 Å². The first-order valence-corrected chi connectivity index (χ1v) is 10.4. The lowest BCUT2D eigenvalue weighted by Crippen LogP contribution is -2.44. The minimum atomic E-state index is -1.08. The highest BCUT2D eigenvalue weighted by atomic mass is 35.5. The number of amides is 2. The van der Waals surface area contributed by atoms with Gasteiger partial charge in [-0.15, -0.1) is 0 Å². The fourth-order valence-electron chi connectivity index (χ4n) is 4.05. The van der Waals surface area contributed by atoms with Gasteiger partial charge in [-0.25, -0.2) is 14.8 Å². The molecule has 1 fully saturated rings. The summed E-state index contributed by atoms with van der Waals surface area (Å²) >= 11 is 6.54. The van der Waals surface area contributed by atoms with Gasteiger partial charge in [0.1, 0.15) is 5.82 Å². The normalized spacial score (nSPS) is 16.0. The molecule has 1 aromatic heterocycles. The molecule has 158 valence electrons. The quantitative estimate of drug-likeness (QED) is 0.514. The summed E-state index contributed by atoms with van der Waals surface area (Å²) in [5.74, 6) is 0.296. The van der Waals surface area contributed by atoms with Gasteiger partial charge < -0.3 is 15.7 Å². The van der Waals surface area contributed by atoms with E-state index in [1.807, 2.05) is 31.2 Å². The van der Waals surface area contributed by atoms with E-state index in [1.54, 1.807) is 0 Å². The predicted octanol–water partition coefficient (Wildman–Crippen LogP) is 4.67. The Hall–Kier alpha value is -3.00. The molecule has 1 aliphatic carbocycles. The Labute approximate surface area is 179 Å². The third kappa shape index (κ3) is 4.00. The number of carbonyl (C=O) groups is 2. The minimum absolute atomic E-state index is 0.143. The third-order valence-corrected chi connectivity index (χ3v) is 5.95. The molecule has 0 atom stereocenters. The summed E-state index contributed by atoms with van der Waals surface area (Å²) in [6, 6.07) is 7.55. The van der Waals surface area contributed by atoms with Gasteiger partial charge in [-0.2, -0.15) is 0 Å². The highest BCUT2D eigenvalue weighted by Crippen LogP contribution is 2.36. The maximum Gasteiger partial charge on any atom is 0.426 e. The van der Waals surface area contributed by atoms with Crippen LogP contribution in [-0.4, -0.2) is 33.1 Å². The van der Waals surface area contributed by atoms with E-state index in [9.17, 15) is 14.7 Å². The monoisotopic (exact) mass is 429 g/mol. The van der Waals surface area contributed by atoms with E-state index in [-0.39, 0.29) is 29.3 Å². The van der Waals surface area contributed by atoms with Gasteiger partial charge in [0.05, 0.1) is 16.6 Å². The Bertz CT molecular complexity index is 991. The summed E-state index contributed by atoms with van der Waals surface area (Å²) in [4.78, 5) is 28.9. The number of benzene rings is 1. The molecule has 2 heterocycles. The van der Waals surface area contributed by atoms with Crippen LogP contribution >= 0.6 is 11.6 Å². The molecule has 4 N–H and O–H groups in total. The van der Waals surface area contributed by atoms with Gasteiger partial charge in [0.25, 0.3) is 5.91 Å². The van der Waals surface area contributed by atoms with Crippen LogP contribution in [0.5, 0.6) is 0 Å². The van der Waals surface area contributed by atoms with Crippen molar-refractivity contribution in [2.24, 2.45) is 0 Å². The number of rotatable bonds is 5. The van der Waals surface area contributed by atoms with Crippen molar-refractivity contribution in [1.29, 1.82) is 0 Å². The molecule has 0 bridgehead atoms. The Morgan fingerprint density at radius 3 is 2.73 bits per heavy atom. The van der Waals surface area contributed by atoms with Gasteiger partial charge in [-0.1, -0.05) is 43.0 Å². The van der Waals surface area contributed by atoms with Gasteiger partial charge in [0, 0.05) is 17.8 Å². The molecule has 8 nitrogen and oxygen atoms in total. The number of carboxylic acid groups (broad SMARTS) is 1. The van der Waals surface area contributed by atoms with Crippen molar-refractivity contribution >= 4 is 40.9 Å².